The normalized spacial score (nSPS) is 18.8. The van der Waals surface area contributed by atoms with Crippen molar-refractivity contribution in [1.82, 2.24) is 4.98 Å². The maximum Gasteiger partial charge on any atom is 0.309 e. The minimum absolute atomic E-state index is 0.0236. The van der Waals surface area contributed by atoms with E-state index in [0.717, 1.165) is 33.6 Å². The Bertz CT molecular complexity index is 1120. The molecule has 0 spiro atoms. The molecule has 2 heterocycles. The van der Waals surface area contributed by atoms with Crippen LogP contribution in [0.5, 0.6) is 0 Å². The Hall–Kier alpha value is -3.31. The van der Waals surface area contributed by atoms with Crippen molar-refractivity contribution in [2.24, 2.45) is 0 Å². The summed E-state index contributed by atoms with van der Waals surface area (Å²) in [4.78, 5) is 16.7. The average Bonchev–Trinajstić information content (AvgIpc) is 2.77. The van der Waals surface area contributed by atoms with Crippen molar-refractivity contribution in [3.05, 3.63) is 83.8 Å². The van der Waals surface area contributed by atoms with Gasteiger partial charge in [-0.1, -0.05) is 62.4 Å². The minimum Gasteiger partial charge on any atom is -0.458 e. The van der Waals surface area contributed by atoms with E-state index in [1.165, 1.54) is 12.1 Å². The molecular formula is C27H26FNO3. The van der Waals surface area contributed by atoms with E-state index >= 15 is 0 Å². The molecule has 5 heteroatoms. The Morgan fingerprint density at radius 3 is 2.47 bits per heavy atom. The van der Waals surface area contributed by atoms with Crippen molar-refractivity contribution >= 4 is 12.0 Å². The van der Waals surface area contributed by atoms with Crippen LogP contribution in [0.3, 0.4) is 0 Å². The summed E-state index contributed by atoms with van der Waals surface area (Å²) in [6.45, 7) is 4.15. The molecule has 0 aliphatic carbocycles. The lowest BCUT2D eigenvalue weighted by Crippen LogP contribution is -2.31. The summed E-state index contributed by atoms with van der Waals surface area (Å²) in [5.74, 6) is -0.578. The summed E-state index contributed by atoms with van der Waals surface area (Å²) in [5, 5.41) is 9.93. The van der Waals surface area contributed by atoms with Crippen molar-refractivity contribution in [2.75, 3.05) is 0 Å². The van der Waals surface area contributed by atoms with Gasteiger partial charge in [-0.3, -0.25) is 9.78 Å². The number of aliphatic hydroxyl groups is 1. The first-order valence-electron chi connectivity index (χ1n) is 10.8. The number of aliphatic hydroxyl groups excluding tert-OH is 1. The number of carbonyl (C=O) groups excluding carboxylic acids is 1. The molecule has 1 aliphatic rings. The van der Waals surface area contributed by atoms with E-state index in [2.05, 4.69) is 13.8 Å². The topological polar surface area (TPSA) is 59.4 Å². The Balaban J connectivity index is 1.85. The lowest BCUT2D eigenvalue weighted by Gasteiger charge is -2.24. The molecule has 3 aromatic rings. The smallest absolute Gasteiger partial charge is 0.309 e. The zero-order chi connectivity index (χ0) is 22.7. The number of esters is 1. The van der Waals surface area contributed by atoms with Gasteiger partial charge in [-0.25, -0.2) is 4.39 Å². The van der Waals surface area contributed by atoms with Gasteiger partial charge in [0.1, 0.15) is 11.9 Å². The maximum atomic E-state index is 13.6. The fourth-order valence-electron chi connectivity index (χ4n) is 3.95. The standard InChI is InChI=1S/C27H26FNO3/c1-17(2)27-23(13-12-22-14-21(30)15-26(31)32-22)24(18-8-10-20(28)11-9-18)16-25(29-27)19-6-4-3-5-7-19/h3-13,16-17,21-22,30H,14-15H2,1-2H3/t21-,22?/m1/s1. The molecule has 1 unspecified atom stereocenters. The van der Waals surface area contributed by atoms with E-state index in [1.54, 1.807) is 18.2 Å². The molecular weight excluding hydrogens is 405 g/mol. The lowest BCUT2D eigenvalue weighted by atomic mass is 9.91. The summed E-state index contributed by atoms with van der Waals surface area (Å²) in [6, 6.07) is 18.3. The van der Waals surface area contributed by atoms with E-state index in [0.29, 0.717) is 6.42 Å². The number of ether oxygens (including phenoxy) is 1. The van der Waals surface area contributed by atoms with Gasteiger partial charge in [-0.05, 0) is 41.3 Å². The van der Waals surface area contributed by atoms with Crippen molar-refractivity contribution in [1.29, 1.82) is 0 Å². The van der Waals surface area contributed by atoms with Gasteiger partial charge in [0.2, 0.25) is 0 Å². The molecule has 0 radical (unpaired) electrons. The summed E-state index contributed by atoms with van der Waals surface area (Å²) in [7, 11) is 0. The van der Waals surface area contributed by atoms with Crippen LogP contribution in [-0.2, 0) is 9.53 Å². The Kier molecular flexibility index (Phi) is 6.47. The van der Waals surface area contributed by atoms with E-state index < -0.39 is 18.2 Å². The molecule has 4 rings (SSSR count). The van der Waals surface area contributed by atoms with Crippen LogP contribution in [-0.4, -0.2) is 28.3 Å². The highest BCUT2D eigenvalue weighted by atomic mass is 19.1. The van der Waals surface area contributed by atoms with Gasteiger partial charge < -0.3 is 9.84 Å². The Morgan fingerprint density at radius 1 is 1.09 bits per heavy atom. The Morgan fingerprint density at radius 2 is 1.81 bits per heavy atom. The third-order valence-electron chi connectivity index (χ3n) is 5.53. The fraction of sp³-hybridized carbons (Fsp3) is 0.259. The summed E-state index contributed by atoms with van der Waals surface area (Å²) in [5.41, 5.74) is 5.41. The second-order valence-electron chi connectivity index (χ2n) is 8.36. The zero-order valence-electron chi connectivity index (χ0n) is 18.2. The van der Waals surface area contributed by atoms with E-state index in [-0.39, 0.29) is 18.2 Å². The fourth-order valence-corrected chi connectivity index (χ4v) is 3.95. The van der Waals surface area contributed by atoms with E-state index in [1.807, 2.05) is 42.5 Å². The molecule has 0 bridgehead atoms. The van der Waals surface area contributed by atoms with Gasteiger partial charge in [0, 0.05) is 17.5 Å². The molecule has 1 saturated heterocycles. The largest absolute Gasteiger partial charge is 0.458 e. The average molecular weight is 432 g/mol. The van der Waals surface area contributed by atoms with Crippen LogP contribution in [0.15, 0.2) is 66.7 Å². The summed E-state index contributed by atoms with van der Waals surface area (Å²) < 4.78 is 19.0. The van der Waals surface area contributed by atoms with Crippen molar-refractivity contribution in [3.63, 3.8) is 0 Å². The lowest BCUT2D eigenvalue weighted by molar-refractivity contribution is -0.156. The van der Waals surface area contributed by atoms with Crippen molar-refractivity contribution in [2.45, 2.75) is 44.8 Å². The molecule has 4 nitrogen and oxygen atoms in total. The van der Waals surface area contributed by atoms with Crippen LogP contribution in [0, 0.1) is 5.82 Å². The number of aromatic nitrogens is 1. The predicted molar refractivity (Wildman–Crippen MR) is 123 cm³/mol. The molecule has 1 aromatic heterocycles. The van der Waals surface area contributed by atoms with Crippen LogP contribution in [0.25, 0.3) is 28.5 Å². The molecule has 2 atom stereocenters. The molecule has 0 saturated carbocycles. The van der Waals surface area contributed by atoms with E-state index in [4.69, 9.17) is 9.72 Å². The number of carbonyl (C=O) groups is 1. The minimum atomic E-state index is -0.703. The van der Waals surface area contributed by atoms with Gasteiger partial charge in [-0.2, -0.15) is 0 Å². The molecule has 32 heavy (non-hydrogen) atoms. The van der Waals surface area contributed by atoms with Gasteiger partial charge in [0.25, 0.3) is 0 Å². The summed E-state index contributed by atoms with van der Waals surface area (Å²) >= 11 is 0. The molecule has 1 N–H and O–H groups in total. The van der Waals surface area contributed by atoms with Crippen molar-refractivity contribution in [3.8, 4) is 22.4 Å². The highest BCUT2D eigenvalue weighted by Gasteiger charge is 2.25. The van der Waals surface area contributed by atoms with Crippen molar-refractivity contribution < 1.29 is 19.0 Å². The SMILES string of the molecule is CC(C)c1nc(-c2ccccc2)cc(-c2ccc(F)cc2)c1C=CC1C[C@@H](O)CC(=O)O1. The molecule has 2 aromatic carbocycles. The predicted octanol–water partition coefficient (Wildman–Crippen LogP) is 5.76. The molecule has 1 fully saturated rings. The number of rotatable bonds is 5. The molecule has 0 amide bonds. The van der Waals surface area contributed by atoms with Crippen LogP contribution >= 0.6 is 0 Å². The maximum absolute atomic E-state index is 13.6. The van der Waals surface area contributed by atoms with Crippen LogP contribution in [0.2, 0.25) is 0 Å². The second kappa shape index (κ2) is 9.45. The number of hydrogen-bond donors (Lipinski definition) is 1. The highest BCUT2D eigenvalue weighted by molar-refractivity contribution is 5.81. The monoisotopic (exact) mass is 431 g/mol. The van der Waals surface area contributed by atoms with Crippen LogP contribution in [0.1, 0.15) is 43.9 Å². The number of cyclic esters (lactones) is 1. The van der Waals surface area contributed by atoms with Gasteiger partial charge in [0.15, 0.2) is 0 Å². The van der Waals surface area contributed by atoms with Crippen LogP contribution < -0.4 is 0 Å². The first-order chi connectivity index (χ1) is 15.4. The number of pyridine rings is 1. The number of nitrogens with zero attached hydrogens (tertiary/aromatic N) is 1. The highest BCUT2D eigenvalue weighted by Crippen LogP contribution is 2.34. The van der Waals surface area contributed by atoms with Gasteiger partial charge >= 0.3 is 5.97 Å². The van der Waals surface area contributed by atoms with Gasteiger partial charge in [0.05, 0.1) is 23.9 Å². The van der Waals surface area contributed by atoms with Gasteiger partial charge in [-0.15, -0.1) is 0 Å². The zero-order valence-corrected chi connectivity index (χ0v) is 18.2. The third kappa shape index (κ3) is 4.94. The number of benzene rings is 2. The molecule has 1 aliphatic heterocycles. The molecule has 164 valence electrons. The Labute approximate surface area is 187 Å². The third-order valence-corrected chi connectivity index (χ3v) is 5.53. The number of halogens is 1. The quantitative estimate of drug-likeness (QED) is 0.522. The van der Waals surface area contributed by atoms with E-state index in [9.17, 15) is 14.3 Å². The summed E-state index contributed by atoms with van der Waals surface area (Å²) in [6.07, 6.45) is 2.90. The first kappa shape index (κ1) is 21.9. The first-order valence-corrected chi connectivity index (χ1v) is 10.8. The number of hydrogen-bond acceptors (Lipinski definition) is 4. The van der Waals surface area contributed by atoms with Crippen LogP contribution in [0.4, 0.5) is 4.39 Å². The second-order valence-corrected chi connectivity index (χ2v) is 8.36.